The first kappa shape index (κ1) is 28.8. The summed E-state index contributed by atoms with van der Waals surface area (Å²) in [5.41, 5.74) is 2.53. The lowest BCUT2D eigenvalue weighted by Crippen LogP contribution is -2.39. The van der Waals surface area contributed by atoms with E-state index in [1.807, 2.05) is 39.8 Å². The fourth-order valence-corrected chi connectivity index (χ4v) is 5.28. The van der Waals surface area contributed by atoms with Crippen LogP contribution in [-0.4, -0.2) is 70.6 Å². The largest absolute Gasteiger partial charge is 0.508 e. The first-order valence-electron chi connectivity index (χ1n) is 13.0. The Morgan fingerprint density at radius 1 is 1.10 bits per heavy atom. The quantitative estimate of drug-likeness (QED) is 0.407. The van der Waals surface area contributed by atoms with Crippen molar-refractivity contribution in [3.8, 4) is 11.5 Å². The predicted molar refractivity (Wildman–Crippen MR) is 143 cm³/mol. The summed E-state index contributed by atoms with van der Waals surface area (Å²) >= 11 is 0. The molecule has 1 aliphatic rings. The van der Waals surface area contributed by atoms with Gasteiger partial charge in [-0.25, -0.2) is 4.79 Å². The molecule has 0 amide bonds. The highest BCUT2D eigenvalue weighted by atomic mass is 19.4. The lowest BCUT2D eigenvalue weighted by Gasteiger charge is -2.33. The van der Waals surface area contributed by atoms with Gasteiger partial charge in [0.1, 0.15) is 17.1 Å². The van der Waals surface area contributed by atoms with E-state index in [4.69, 9.17) is 9.47 Å². The second kappa shape index (κ2) is 11.1. The third-order valence-corrected chi connectivity index (χ3v) is 6.87. The normalized spacial score (nSPS) is 17.8. The van der Waals surface area contributed by atoms with Crippen LogP contribution in [0.25, 0.3) is 10.9 Å². The predicted octanol–water partition coefficient (Wildman–Crippen LogP) is 6.26. The highest BCUT2D eigenvalue weighted by Gasteiger charge is 2.35. The maximum atomic E-state index is 13.3. The van der Waals surface area contributed by atoms with Gasteiger partial charge in [0.25, 0.3) is 0 Å². The second-order valence-electron chi connectivity index (χ2n) is 11.1. The summed E-state index contributed by atoms with van der Waals surface area (Å²) in [5, 5.41) is 10.6. The van der Waals surface area contributed by atoms with Gasteiger partial charge >= 0.3 is 12.3 Å². The van der Waals surface area contributed by atoms with Crippen molar-refractivity contribution < 1.29 is 32.5 Å². The van der Waals surface area contributed by atoms with E-state index in [9.17, 15) is 23.1 Å². The number of benzene rings is 2. The third-order valence-electron chi connectivity index (χ3n) is 6.87. The molecule has 3 aromatic rings. The van der Waals surface area contributed by atoms with Gasteiger partial charge in [-0.15, -0.1) is 0 Å². The number of phenolic OH excluding ortho intramolecular Hbond substituents is 1. The molecule has 1 aliphatic heterocycles. The molecule has 0 radical (unpaired) electrons. The fourth-order valence-electron chi connectivity index (χ4n) is 5.28. The van der Waals surface area contributed by atoms with E-state index < -0.39 is 24.4 Å². The van der Waals surface area contributed by atoms with Gasteiger partial charge in [0.05, 0.1) is 19.2 Å². The van der Waals surface area contributed by atoms with Gasteiger partial charge in [-0.1, -0.05) is 12.1 Å². The van der Waals surface area contributed by atoms with E-state index >= 15 is 0 Å². The maximum absolute atomic E-state index is 13.3. The molecule has 1 atom stereocenters. The topological polar surface area (TPSA) is 67.2 Å². The van der Waals surface area contributed by atoms with Gasteiger partial charge in [0.2, 0.25) is 0 Å². The molecule has 7 nitrogen and oxygen atoms in total. The van der Waals surface area contributed by atoms with Crippen LogP contribution in [0.2, 0.25) is 0 Å². The number of carbonyl (C=O) groups is 1. The molecule has 1 unspecified atom stereocenters. The summed E-state index contributed by atoms with van der Waals surface area (Å²) in [5.74, 6) is 0.735. The molecule has 1 aromatic heterocycles. The Balaban J connectivity index is 1.75. The molecule has 0 aliphatic carbocycles. The van der Waals surface area contributed by atoms with Crippen LogP contribution in [0.1, 0.15) is 49.9 Å². The first-order chi connectivity index (χ1) is 18.3. The number of aromatic hydroxyl groups is 1. The number of hydrogen-bond acceptors (Lipinski definition) is 6. The number of ether oxygens (including phenoxy) is 2. The summed E-state index contributed by atoms with van der Waals surface area (Å²) < 4.78 is 52.9. The molecule has 1 fully saturated rings. The molecule has 1 N–H and O–H groups in total. The first-order valence-corrected chi connectivity index (χ1v) is 13.0. The summed E-state index contributed by atoms with van der Waals surface area (Å²) in [6, 6.07) is 9.99. The fraction of sp³-hybridized carbons (Fsp3) is 0.483. The molecule has 0 bridgehead atoms. The molecule has 10 heteroatoms. The van der Waals surface area contributed by atoms with Crippen molar-refractivity contribution in [2.24, 2.45) is 0 Å². The Morgan fingerprint density at radius 3 is 2.41 bits per heavy atom. The minimum atomic E-state index is -4.30. The number of halogens is 3. The minimum absolute atomic E-state index is 0.0939. The van der Waals surface area contributed by atoms with E-state index in [0.29, 0.717) is 37.3 Å². The van der Waals surface area contributed by atoms with Crippen molar-refractivity contribution in [3.63, 3.8) is 0 Å². The van der Waals surface area contributed by atoms with Gasteiger partial charge in [0, 0.05) is 42.8 Å². The number of nitrogens with zero attached hydrogens (tertiary/aromatic N) is 3. The van der Waals surface area contributed by atoms with Gasteiger partial charge in [0.15, 0.2) is 0 Å². The molecule has 2 heterocycles. The number of phenols is 1. The molecule has 1 saturated heterocycles. The zero-order valence-electron chi connectivity index (χ0n) is 23.0. The number of hydrogen-bond donors (Lipinski definition) is 1. The van der Waals surface area contributed by atoms with Crippen molar-refractivity contribution in [3.05, 3.63) is 59.3 Å². The molecule has 39 heavy (non-hydrogen) atoms. The zero-order chi connectivity index (χ0) is 28.5. The Bertz CT molecular complexity index is 1310. The average Bonchev–Trinajstić information content (AvgIpc) is 3.19. The molecule has 2 aromatic carbocycles. The average molecular weight is 548 g/mol. The van der Waals surface area contributed by atoms with E-state index in [1.165, 1.54) is 9.47 Å². The Hall–Kier alpha value is -3.24. The maximum Gasteiger partial charge on any atom is 0.419 e. The summed E-state index contributed by atoms with van der Waals surface area (Å²) in [7, 11) is 1.58. The van der Waals surface area contributed by atoms with Gasteiger partial charge in [-0.05, 0) is 76.1 Å². The number of methoxy groups -OCH3 is 1. The van der Waals surface area contributed by atoms with Crippen molar-refractivity contribution in [1.29, 1.82) is 0 Å². The number of aryl methyl sites for hydroxylation is 1. The summed E-state index contributed by atoms with van der Waals surface area (Å²) in [6.45, 7) is 7.80. The van der Waals surface area contributed by atoms with Crippen molar-refractivity contribution >= 4 is 17.0 Å². The van der Waals surface area contributed by atoms with Crippen LogP contribution in [0.3, 0.4) is 0 Å². The molecule has 4 rings (SSSR count). The lowest BCUT2D eigenvalue weighted by atomic mass is 10.0. The number of rotatable bonds is 5. The lowest BCUT2D eigenvalue weighted by molar-refractivity contribution is -0.146. The number of fused-ring (bicyclic) bond motifs is 1. The van der Waals surface area contributed by atoms with E-state index in [-0.39, 0.29) is 18.3 Å². The highest BCUT2D eigenvalue weighted by molar-refractivity contribution is 5.95. The highest BCUT2D eigenvalue weighted by Crippen LogP contribution is 2.36. The van der Waals surface area contributed by atoms with Crippen LogP contribution < -0.4 is 4.74 Å². The summed E-state index contributed by atoms with van der Waals surface area (Å²) in [4.78, 5) is 16.6. The monoisotopic (exact) mass is 547 g/mol. The van der Waals surface area contributed by atoms with Crippen molar-refractivity contribution in [2.45, 2.75) is 58.5 Å². The van der Waals surface area contributed by atoms with Crippen LogP contribution in [0.4, 0.5) is 18.0 Å². The molecule has 0 saturated carbocycles. The minimum Gasteiger partial charge on any atom is -0.508 e. The SMILES string of the molecule is COc1cc(C)c2c(ccn2C(=O)OC(C)(C)C)c1CN1CCCN(CC(F)(F)F)CC1c1ccc(O)cc1. The molecule has 0 spiro atoms. The van der Waals surface area contributed by atoms with Crippen LogP contribution >= 0.6 is 0 Å². The standard InChI is InChI=1S/C29H36F3N3O4/c1-19-15-25(38-5)23(22-11-14-35(26(19)22)27(37)39-28(2,3)4)16-34-13-6-12-33(18-29(30,31)32)17-24(34)20-7-9-21(36)10-8-20/h7-11,14-15,24,36H,6,12-13,16-18H2,1-5H3. The molecular formula is C29H36F3N3O4. The summed E-state index contributed by atoms with van der Waals surface area (Å²) in [6.07, 6.45) is -2.55. The van der Waals surface area contributed by atoms with Gasteiger partial charge in [-0.2, -0.15) is 13.2 Å². The number of alkyl halides is 3. The van der Waals surface area contributed by atoms with Crippen molar-refractivity contribution in [1.82, 2.24) is 14.4 Å². The van der Waals surface area contributed by atoms with Crippen LogP contribution in [0, 0.1) is 6.92 Å². The van der Waals surface area contributed by atoms with Crippen LogP contribution in [0.5, 0.6) is 11.5 Å². The third kappa shape index (κ3) is 6.86. The smallest absolute Gasteiger partial charge is 0.419 e. The van der Waals surface area contributed by atoms with E-state index in [2.05, 4.69) is 4.90 Å². The Kier molecular flexibility index (Phi) is 8.18. The van der Waals surface area contributed by atoms with E-state index in [1.54, 1.807) is 37.6 Å². The Labute approximate surface area is 226 Å². The molecular weight excluding hydrogens is 511 g/mol. The Morgan fingerprint density at radius 2 is 1.79 bits per heavy atom. The zero-order valence-corrected chi connectivity index (χ0v) is 23.0. The molecule has 212 valence electrons. The van der Waals surface area contributed by atoms with Gasteiger partial charge < -0.3 is 14.6 Å². The van der Waals surface area contributed by atoms with Crippen LogP contribution in [-0.2, 0) is 11.3 Å². The number of aromatic nitrogens is 1. The number of carbonyl (C=O) groups excluding carboxylic acids is 1. The van der Waals surface area contributed by atoms with Crippen molar-refractivity contribution in [2.75, 3.05) is 33.3 Å². The van der Waals surface area contributed by atoms with Crippen LogP contribution in [0.15, 0.2) is 42.6 Å². The van der Waals surface area contributed by atoms with Gasteiger partial charge in [-0.3, -0.25) is 14.4 Å². The van der Waals surface area contributed by atoms with E-state index in [0.717, 1.165) is 22.1 Å². The second-order valence-corrected chi connectivity index (χ2v) is 11.1.